The van der Waals surface area contributed by atoms with Gasteiger partial charge in [0.05, 0.1) is 5.71 Å². The number of hydrogen-bond donors (Lipinski definition) is 0. The molecule has 0 rings (SSSR count). The third-order valence-electron chi connectivity index (χ3n) is 0.716. The molecule has 0 N–H and O–H groups in total. The fourth-order valence-corrected chi connectivity index (χ4v) is 0.337. The van der Waals surface area contributed by atoms with Crippen LogP contribution in [0, 0.1) is 0 Å². The number of carbonyl (C=O) groups excluding carboxylic acids is 1. The Labute approximate surface area is 48.9 Å². The molecule has 0 aliphatic carbocycles. The summed E-state index contributed by atoms with van der Waals surface area (Å²) in [4.78, 5) is 13.6. The third-order valence-corrected chi connectivity index (χ3v) is 0.716. The van der Waals surface area contributed by atoms with E-state index in [2.05, 4.69) is 4.99 Å². The van der Waals surface area contributed by atoms with Crippen LogP contribution >= 0.6 is 0 Å². The van der Waals surface area contributed by atoms with Gasteiger partial charge in [0.2, 0.25) is 0 Å². The van der Waals surface area contributed by atoms with Gasteiger partial charge in [-0.2, -0.15) is 0 Å². The molecule has 0 aliphatic rings. The van der Waals surface area contributed by atoms with Crippen molar-refractivity contribution in [1.82, 2.24) is 0 Å². The highest BCUT2D eigenvalue weighted by Crippen LogP contribution is 1.74. The van der Waals surface area contributed by atoms with E-state index in [1.54, 1.807) is 19.2 Å². The van der Waals surface area contributed by atoms with E-state index < -0.39 is 0 Å². The van der Waals surface area contributed by atoms with E-state index in [1.807, 2.05) is 6.92 Å². The number of nitrogens with zero attached hydrogens (tertiary/aromatic N) is 1. The van der Waals surface area contributed by atoms with E-state index in [0.29, 0.717) is 5.71 Å². The van der Waals surface area contributed by atoms with Gasteiger partial charge in [-0.3, -0.25) is 9.79 Å². The van der Waals surface area contributed by atoms with E-state index in [1.165, 1.54) is 0 Å². The summed E-state index contributed by atoms with van der Waals surface area (Å²) in [5.74, 6) is 0. The van der Waals surface area contributed by atoms with Crippen LogP contribution in [0.5, 0.6) is 0 Å². The molecule has 0 radical (unpaired) electrons. The Morgan fingerprint density at radius 1 is 1.62 bits per heavy atom. The second-order valence-corrected chi connectivity index (χ2v) is 1.27. The standard InChI is InChI=1S/C6H9NO/c1-3-4-6(5-8)7-2/h3-5H,1-2H3/b4-3-,7-6+. The van der Waals surface area contributed by atoms with Gasteiger partial charge in [0.1, 0.15) is 0 Å². The molecule has 0 saturated carbocycles. The van der Waals surface area contributed by atoms with Crippen molar-refractivity contribution in [2.24, 2.45) is 4.99 Å². The minimum Gasteiger partial charge on any atom is -0.296 e. The lowest BCUT2D eigenvalue weighted by Crippen LogP contribution is -1.92. The molecule has 0 spiro atoms. The molecule has 0 saturated heterocycles. The first-order chi connectivity index (χ1) is 3.85. The highest BCUT2D eigenvalue weighted by molar-refractivity contribution is 6.33. The Bertz CT molecular complexity index is 124. The SMILES string of the molecule is C/C=C\C(C=O)=N/C. The van der Waals surface area contributed by atoms with Crippen molar-refractivity contribution in [1.29, 1.82) is 0 Å². The van der Waals surface area contributed by atoms with Crippen LogP contribution in [0.1, 0.15) is 6.92 Å². The fourth-order valence-electron chi connectivity index (χ4n) is 0.337. The second-order valence-electron chi connectivity index (χ2n) is 1.27. The number of rotatable bonds is 2. The van der Waals surface area contributed by atoms with Crippen LogP contribution in [0.15, 0.2) is 17.1 Å². The van der Waals surface area contributed by atoms with Crippen LogP contribution in [0.2, 0.25) is 0 Å². The van der Waals surface area contributed by atoms with Gasteiger partial charge in [-0.1, -0.05) is 6.08 Å². The van der Waals surface area contributed by atoms with Crippen LogP contribution in [-0.2, 0) is 4.79 Å². The summed E-state index contributed by atoms with van der Waals surface area (Å²) in [5.41, 5.74) is 0.479. The van der Waals surface area contributed by atoms with E-state index in [0.717, 1.165) is 6.29 Å². The maximum Gasteiger partial charge on any atom is 0.167 e. The number of aldehydes is 1. The van der Waals surface area contributed by atoms with E-state index in [-0.39, 0.29) is 0 Å². The number of aliphatic imine (C=N–C) groups is 1. The predicted molar refractivity (Wildman–Crippen MR) is 34.2 cm³/mol. The van der Waals surface area contributed by atoms with Gasteiger partial charge in [-0.05, 0) is 13.0 Å². The predicted octanol–water partition coefficient (Wildman–Crippen LogP) is 0.832. The average Bonchev–Trinajstić information content (AvgIpc) is 1.83. The lowest BCUT2D eigenvalue weighted by atomic mass is 10.4. The molecule has 44 valence electrons. The van der Waals surface area contributed by atoms with Gasteiger partial charge >= 0.3 is 0 Å². The molecule has 0 amide bonds. The number of allylic oxidation sites excluding steroid dienone is 2. The molecule has 0 aliphatic heterocycles. The Morgan fingerprint density at radius 3 is 2.38 bits per heavy atom. The minimum absolute atomic E-state index is 0.479. The monoisotopic (exact) mass is 111 g/mol. The number of carbonyl (C=O) groups is 1. The maximum atomic E-state index is 9.94. The molecular formula is C6H9NO. The van der Waals surface area contributed by atoms with Crippen LogP contribution in [0.4, 0.5) is 0 Å². The lowest BCUT2D eigenvalue weighted by molar-refractivity contribution is -0.102. The van der Waals surface area contributed by atoms with E-state index >= 15 is 0 Å². The summed E-state index contributed by atoms with van der Waals surface area (Å²) >= 11 is 0. The average molecular weight is 111 g/mol. The highest BCUT2D eigenvalue weighted by atomic mass is 16.1. The van der Waals surface area contributed by atoms with E-state index in [9.17, 15) is 4.79 Å². The summed E-state index contributed by atoms with van der Waals surface area (Å²) < 4.78 is 0. The molecule has 0 aromatic rings. The zero-order valence-corrected chi connectivity index (χ0v) is 5.09. The Hall–Kier alpha value is -0.920. The van der Waals surface area contributed by atoms with Gasteiger partial charge in [-0.25, -0.2) is 0 Å². The number of hydrogen-bond acceptors (Lipinski definition) is 2. The highest BCUT2D eigenvalue weighted by Gasteiger charge is 1.81. The van der Waals surface area contributed by atoms with E-state index in [4.69, 9.17) is 0 Å². The van der Waals surface area contributed by atoms with Gasteiger partial charge in [0.25, 0.3) is 0 Å². The first kappa shape index (κ1) is 7.08. The molecule has 0 aromatic carbocycles. The molecule has 0 heterocycles. The topological polar surface area (TPSA) is 29.4 Å². The molecule has 0 atom stereocenters. The quantitative estimate of drug-likeness (QED) is 0.383. The smallest absolute Gasteiger partial charge is 0.167 e. The van der Waals surface area contributed by atoms with Crippen molar-refractivity contribution in [3.05, 3.63) is 12.2 Å². The fraction of sp³-hybridized carbons (Fsp3) is 0.333. The van der Waals surface area contributed by atoms with Gasteiger partial charge < -0.3 is 0 Å². The minimum atomic E-state index is 0.479. The first-order valence-electron chi connectivity index (χ1n) is 2.39. The molecular weight excluding hydrogens is 102 g/mol. The summed E-state index contributed by atoms with van der Waals surface area (Å²) in [6.45, 7) is 1.84. The van der Waals surface area contributed by atoms with Crippen LogP contribution in [0.25, 0.3) is 0 Å². The van der Waals surface area contributed by atoms with Crippen LogP contribution in [-0.4, -0.2) is 19.0 Å². The first-order valence-corrected chi connectivity index (χ1v) is 2.39. The zero-order valence-electron chi connectivity index (χ0n) is 5.09. The van der Waals surface area contributed by atoms with Gasteiger partial charge in [0.15, 0.2) is 6.29 Å². The van der Waals surface area contributed by atoms with Crippen LogP contribution in [0.3, 0.4) is 0 Å². The Balaban J connectivity index is 3.91. The lowest BCUT2D eigenvalue weighted by Gasteiger charge is -1.79. The van der Waals surface area contributed by atoms with Gasteiger partial charge in [-0.15, -0.1) is 0 Å². The largest absolute Gasteiger partial charge is 0.296 e. The Kier molecular flexibility index (Phi) is 3.76. The molecule has 0 aromatic heterocycles. The molecule has 2 heteroatoms. The summed E-state index contributed by atoms with van der Waals surface area (Å²) in [6.07, 6.45) is 4.16. The summed E-state index contributed by atoms with van der Waals surface area (Å²) in [7, 11) is 1.59. The second kappa shape index (κ2) is 4.24. The normalized spacial score (nSPS) is 12.5. The van der Waals surface area contributed by atoms with Crippen molar-refractivity contribution in [2.75, 3.05) is 7.05 Å². The molecule has 0 bridgehead atoms. The maximum absolute atomic E-state index is 9.94. The van der Waals surface area contributed by atoms with Crippen molar-refractivity contribution in [3.63, 3.8) is 0 Å². The molecule has 8 heavy (non-hydrogen) atoms. The molecule has 2 nitrogen and oxygen atoms in total. The van der Waals surface area contributed by atoms with Crippen molar-refractivity contribution >= 4 is 12.0 Å². The van der Waals surface area contributed by atoms with Crippen LogP contribution < -0.4 is 0 Å². The van der Waals surface area contributed by atoms with Crippen molar-refractivity contribution < 1.29 is 4.79 Å². The van der Waals surface area contributed by atoms with Crippen molar-refractivity contribution in [2.45, 2.75) is 6.92 Å². The Morgan fingerprint density at radius 2 is 2.25 bits per heavy atom. The summed E-state index contributed by atoms with van der Waals surface area (Å²) in [6, 6.07) is 0. The van der Waals surface area contributed by atoms with Gasteiger partial charge in [0, 0.05) is 7.05 Å². The summed E-state index contributed by atoms with van der Waals surface area (Å²) in [5, 5.41) is 0. The third kappa shape index (κ3) is 2.29. The molecule has 0 unspecified atom stereocenters. The van der Waals surface area contributed by atoms with Crippen molar-refractivity contribution in [3.8, 4) is 0 Å². The molecule has 0 fully saturated rings. The zero-order chi connectivity index (χ0) is 6.41.